The third-order valence-corrected chi connectivity index (χ3v) is 1.70. The molecule has 0 bridgehead atoms. The zero-order valence-corrected chi connectivity index (χ0v) is 7.79. The van der Waals surface area contributed by atoms with E-state index in [9.17, 15) is 18.0 Å². The van der Waals surface area contributed by atoms with Gasteiger partial charge < -0.3 is 9.88 Å². The number of nitrogens with one attached hydrogen (secondary N) is 1. The van der Waals surface area contributed by atoms with E-state index < -0.39 is 12.1 Å². The van der Waals surface area contributed by atoms with Crippen LogP contribution in [0.2, 0.25) is 0 Å². The molecule has 0 aromatic carbocycles. The minimum atomic E-state index is -4.80. The third-order valence-electron chi connectivity index (χ3n) is 1.70. The first-order chi connectivity index (χ1) is 7.00. The maximum absolute atomic E-state index is 11.7. The van der Waals surface area contributed by atoms with Crippen LogP contribution in [0.1, 0.15) is 6.42 Å². The molecule has 0 radical (unpaired) electrons. The number of carbonyl (C=O) groups excluding carboxylic acids is 1. The van der Waals surface area contributed by atoms with Crippen LogP contribution in [0.5, 0.6) is 0 Å². The fourth-order valence-corrected chi connectivity index (χ4v) is 0.983. The lowest BCUT2D eigenvalue weighted by Crippen LogP contribution is -2.37. The maximum atomic E-state index is 11.7. The Balaban J connectivity index is 2.15. The monoisotopic (exact) mass is 221 g/mol. The second-order valence-electron chi connectivity index (χ2n) is 2.91. The van der Waals surface area contributed by atoms with E-state index in [1.165, 1.54) is 0 Å². The minimum absolute atomic E-state index is 0.00345. The predicted molar refractivity (Wildman–Crippen MR) is 45.9 cm³/mol. The molecule has 7 heteroatoms. The highest BCUT2D eigenvalue weighted by molar-refractivity contribution is 5.81. The van der Waals surface area contributed by atoms with Gasteiger partial charge in [-0.15, -0.1) is 0 Å². The Morgan fingerprint density at radius 3 is 2.73 bits per heavy atom. The van der Waals surface area contributed by atoms with Gasteiger partial charge in [0.1, 0.15) is 0 Å². The molecule has 0 aliphatic carbocycles. The summed E-state index contributed by atoms with van der Waals surface area (Å²) in [6.45, 7) is 0.522. The predicted octanol–water partition coefficient (Wildman–Crippen LogP) is 0.952. The molecule has 1 N–H and O–H groups in total. The van der Waals surface area contributed by atoms with Crippen molar-refractivity contribution < 1.29 is 18.0 Å². The van der Waals surface area contributed by atoms with Crippen molar-refractivity contribution in [3.63, 3.8) is 0 Å². The summed E-state index contributed by atoms with van der Waals surface area (Å²) in [7, 11) is 0. The standard InChI is InChI=1S/C8H10F3N3O/c9-8(10,11)7(15)13-2-1-4-14-5-3-12-6-14/h3,5-6H,1-2,4H2,(H,13,15). The molecule has 0 atom stereocenters. The molecule has 1 amide bonds. The molecule has 1 heterocycles. The van der Waals surface area contributed by atoms with E-state index in [0.29, 0.717) is 13.0 Å². The minimum Gasteiger partial charge on any atom is -0.348 e. The quantitative estimate of drug-likeness (QED) is 0.769. The molecule has 0 fully saturated rings. The Morgan fingerprint density at radius 1 is 1.47 bits per heavy atom. The van der Waals surface area contributed by atoms with Crippen molar-refractivity contribution in [2.24, 2.45) is 0 Å². The number of hydrogen-bond donors (Lipinski definition) is 1. The van der Waals surface area contributed by atoms with Gasteiger partial charge in [-0.25, -0.2) is 4.98 Å². The highest BCUT2D eigenvalue weighted by Gasteiger charge is 2.38. The van der Waals surface area contributed by atoms with Gasteiger partial charge in [-0.3, -0.25) is 4.79 Å². The average Bonchev–Trinajstić information content (AvgIpc) is 2.63. The van der Waals surface area contributed by atoms with Gasteiger partial charge in [0, 0.05) is 25.5 Å². The summed E-state index contributed by atoms with van der Waals surface area (Å²) in [6, 6.07) is 0. The van der Waals surface area contributed by atoms with Crippen LogP contribution in [0.3, 0.4) is 0 Å². The van der Waals surface area contributed by atoms with Gasteiger partial charge in [0.15, 0.2) is 0 Å². The van der Waals surface area contributed by atoms with Gasteiger partial charge in [0.05, 0.1) is 6.33 Å². The van der Waals surface area contributed by atoms with E-state index in [4.69, 9.17) is 0 Å². The van der Waals surface area contributed by atoms with Crippen LogP contribution >= 0.6 is 0 Å². The molecule has 15 heavy (non-hydrogen) atoms. The number of nitrogens with zero attached hydrogens (tertiary/aromatic N) is 2. The number of alkyl halides is 3. The summed E-state index contributed by atoms with van der Waals surface area (Å²) < 4.78 is 36.9. The zero-order chi connectivity index (χ0) is 11.3. The number of amides is 1. The Morgan fingerprint density at radius 2 is 2.20 bits per heavy atom. The van der Waals surface area contributed by atoms with Gasteiger partial charge in [0.2, 0.25) is 0 Å². The smallest absolute Gasteiger partial charge is 0.348 e. The lowest BCUT2D eigenvalue weighted by molar-refractivity contribution is -0.173. The average molecular weight is 221 g/mol. The van der Waals surface area contributed by atoms with Crippen LogP contribution in [0.4, 0.5) is 13.2 Å². The van der Waals surface area contributed by atoms with Crippen molar-refractivity contribution in [1.82, 2.24) is 14.9 Å². The van der Waals surface area contributed by atoms with Crippen LogP contribution in [0.25, 0.3) is 0 Å². The van der Waals surface area contributed by atoms with E-state index in [2.05, 4.69) is 4.98 Å². The fourth-order valence-electron chi connectivity index (χ4n) is 0.983. The number of aromatic nitrogens is 2. The van der Waals surface area contributed by atoms with Crippen LogP contribution in [0.15, 0.2) is 18.7 Å². The fraction of sp³-hybridized carbons (Fsp3) is 0.500. The van der Waals surface area contributed by atoms with E-state index in [1.807, 2.05) is 0 Å². The van der Waals surface area contributed by atoms with E-state index >= 15 is 0 Å². The molecule has 84 valence electrons. The molecule has 4 nitrogen and oxygen atoms in total. The van der Waals surface area contributed by atoms with Crippen LogP contribution in [0, 0.1) is 0 Å². The Labute approximate surface area is 84.1 Å². The molecule has 1 rings (SSSR count). The number of hydrogen-bond acceptors (Lipinski definition) is 2. The zero-order valence-electron chi connectivity index (χ0n) is 7.79. The van der Waals surface area contributed by atoms with E-state index in [1.54, 1.807) is 28.6 Å². The number of aryl methyl sites for hydroxylation is 1. The molecule has 1 aromatic rings. The van der Waals surface area contributed by atoms with Gasteiger partial charge in [-0.2, -0.15) is 13.2 Å². The van der Waals surface area contributed by atoms with Crippen molar-refractivity contribution in [3.05, 3.63) is 18.7 Å². The highest BCUT2D eigenvalue weighted by atomic mass is 19.4. The summed E-state index contributed by atoms with van der Waals surface area (Å²) in [5.74, 6) is -1.90. The normalized spacial score (nSPS) is 11.4. The van der Waals surface area contributed by atoms with Crippen LogP contribution in [-0.2, 0) is 11.3 Å². The van der Waals surface area contributed by atoms with Crippen LogP contribution in [-0.4, -0.2) is 28.2 Å². The molecule has 0 saturated heterocycles. The largest absolute Gasteiger partial charge is 0.471 e. The number of halogens is 3. The summed E-state index contributed by atoms with van der Waals surface area (Å²) in [6.07, 6.45) is 0.471. The first kappa shape index (κ1) is 11.5. The van der Waals surface area contributed by atoms with Crippen molar-refractivity contribution in [2.45, 2.75) is 19.1 Å². The summed E-state index contributed by atoms with van der Waals surface area (Å²) >= 11 is 0. The molecule has 0 saturated carbocycles. The van der Waals surface area contributed by atoms with Crippen molar-refractivity contribution in [2.75, 3.05) is 6.54 Å². The van der Waals surface area contributed by atoms with Crippen LogP contribution < -0.4 is 5.32 Å². The number of rotatable bonds is 4. The second-order valence-corrected chi connectivity index (χ2v) is 2.91. The molecular formula is C8H10F3N3O. The molecule has 0 aliphatic heterocycles. The summed E-state index contributed by atoms with van der Waals surface area (Å²) in [4.78, 5) is 14.1. The third kappa shape index (κ3) is 4.01. The molecule has 0 spiro atoms. The van der Waals surface area contributed by atoms with Crippen molar-refractivity contribution >= 4 is 5.91 Å². The SMILES string of the molecule is O=C(NCCCn1ccnc1)C(F)(F)F. The summed E-state index contributed by atoms with van der Waals surface area (Å²) in [5.41, 5.74) is 0. The van der Waals surface area contributed by atoms with Gasteiger partial charge in [-0.1, -0.05) is 0 Å². The first-order valence-corrected chi connectivity index (χ1v) is 4.31. The Bertz CT molecular complexity index is 307. The van der Waals surface area contributed by atoms with Gasteiger partial charge >= 0.3 is 12.1 Å². The van der Waals surface area contributed by atoms with Gasteiger partial charge in [-0.05, 0) is 6.42 Å². The number of carbonyl (C=O) groups is 1. The first-order valence-electron chi connectivity index (χ1n) is 4.31. The van der Waals surface area contributed by atoms with Gasteiger partial charge in [0.25, 0.3) is 0 Å². The van der Waals surface area contributed by atoms with Crippen molar-refractivity contribution in [1.29, 1.82) is 0 Å². The van der Waals surface area contributed by atoms with E-state index in [0.717, 1.165) is 0 Å². The Kier molecular flexibility index (Phi) is 3.70. The molecular weight excluding hydrogens is 211 g/mol. The maximum Gasteiger partial charge on any atom is 0.471 e. The topological polar surface area (TPSA) is 46.9 Å². The lowest BCUT2D eigenvalue weighted by Gasteiger charge is -2.07. The van der Waals surface area contributed by atoms with E-state index in [-0.39, 0.29) is 6.54 Å². The second kappa shape index (κ2) is 4.81. The molecule has 0 unspecified atom stereocenters. The molecule has 1 aromatic heterocycles. The Hall–Kier alpha value is -1.53. The van der Waals surface area contributed by atoms with Crippen molar-refractivity contribution in [3.8, 4) is 0 Å². The molecule has 0 aliphatic rings. The highest BCUT2D eigenvalue weighted by Crippen LogP contribution is 2.13. The number of imidazole rings is 1. The summed E-state index contributed by atoms with van der Waals surface area (Å²) in [5, 5.41) is 1.79. The lowest BCUT2D eigenvalue weighted by atomic mass is 10.4.